The van der Waals surface area contributed by atoms with Gasteiger partial charge >= 0.3 is 0 Å². The third-order valence-corrected chi connectivity index (χ3v) is 25.2. The molecule has 0 unspecified atom stereocenters. The molecule has 0 radical (unpaired) electrons. The van der Waals surface area contributed by atoms with Crippen molar-refractivity contribution in [3.63, 3.8) is 0 Å². The molecule has 658 valence electrons. The average Bonchev–Trinajstić information content (AvgIpc) is 1.60. The molecule has 0 aliphatic heterocycles. The van der Waals surface area contributed by atoms with Crippen LogP contribution in [0.5, 0.6) is 0 Å². The van der Waals surface area contributed by atoms with E-state index >= 15 is 0 Å². The monoisotopic (exact) mass is 1800 g/mol. The molecule has 0 fully saturated rings. The van der Waals surface area contributed by atoms with E-state index in [1.807, 2.05) is 303 Å². The molecule has 0 aliphatic rings. The Morgan fingerprint density at radius 3 is 0.794 bits per heavy atom. The lowest BCUT2D eigenvalue weighted by Gasteiger charge is -2.13. The van der Waals surface area contributed by atoms with Crippen LogP contribution < -0.4 is 0 Å². The van der Waals surface area contributed by atoms with Gasteiger partial charge in [0.05, 0.1) is 30.3 Å². The van der Waals surface area contributed by atoms with E-state index in [0.29, 0.717) is 74.9 Å². The summed E-state index contributed by atoms with van der Waals surface area (Å²) in [5.41, 5.74) is 29.6. The van der Waals surface area contributed by atoms with E-state index < -0.39 is 0 Å². The Bertz CT molecular complexity index is 8990. The summed E-state index contributed by atoms with van der Waals surface area (Å²) in [4.78, 5) is 51.3. The summed E-state index contributed by atoms with van der Waals surface area (Å²) in [6.07, 6.45) is 0. The summed E-state index contributed by atoms with van der Waals surface area (Å²) in [6.45, 7) is 14.7. The van der Waals surface area contributed by atoms with Crippen molar-refractivity contribution >= 4 is 77.2 Å². The molecule has 0 amide bonds. The molecule has 25 rings (SSSR count). The summed E-state index contributed by atoms with van der Waals surface area (Å²) < 4.78 is 19.6. The maximum Gasteiger partial charge on any atom is 0.187 e. The number of nitrogens with zero attached hydrogens (tertiary/aromatic N) is 12. The van der Waals surface area contributed by atoms with E-state index in [2.05, 4.69) is 173 Å². The molecule has 0 atom stereocenters. The first-order valence-electron chi connectivity index (χ1n) is 46.0. The predicted molar refractivity (Wildman–Crippen MR) is 566 cm³/mol. The lowest BCUT2D eigenvalue weighted by atomic mass is 9.91. The van der Waals surface area contributed by atoms with Gasteiger partial charge in [-0.3, -0.25) is 0 Å². The van der Waals surface area contributed by atoms with Crippen molar-refractivity contribution in [1.29, 1.82) is 5.26 Å². The SMILES string of the molecule is N#Cc1ccc(-c2ccc(-c3c(-c4ccc(-c5nc(-c6ccccc6)nc(-c6ccccc6)n5)cc4)ccc4c3oc3ccccc34)cc2)cc1.[C-]#[N+]c1ccc(-c2ccc(-c3ccc(-c4nc(-c5ccccc5)nc(-c5ccccc5)n4)cc3)c3oc4ccccc4c23)cc1.[C-]#[N+]c1ccc(-c2ccc(-c3nc(-c4ccccc4)nc(-c4ccc(-c5ccccc5)cc4)n3)c3oc4ccccc4c23)cc1. The Labute approximate surface area is 811 Å². The number of hydrogen-bond acceptors (Lipinski definition) is 13. The third kappa shape index (κ3) is 17.2. The molecule has 0 spiro atoms. The second kappa shape index (κ2) is 37.9. The minimum Gasteiger partial charge on any atom is -0.455 e. The molecule has 15 nitrogen and oxygen atoms in total. The molecular formula is C126H76N12O3. The van der Waals surface area contributed by atoms with Crippen LogP contribution in [-0.4, -0.2) is 44.9 Å². The van der Waals surface area contributed by atoms with Gasteiger partial charge in [-0.25, -0.2) is 54.5 Å². The number of hydrogen-bond donors (Lipinski definition) is 0. The maximum absolute atomic E-state index is 9.23. The second-order valence-corrected chi connectivity index (χ2v) is 33.8. The largest absolute Gasteiger partial charge is 0.455 e. The summed E-state index contributed by atoms with van der Waals surface area (Å²) in [7, 11) is 0. The van der Waals surface area contributed by atoms with Gasteiger partial charge in [0.1, 0.15) is 33.5 Å². The maximum atomic E-state index is 9.23. The Hall–Kier alpha value is -19.9. The van der Waals surface area contributed by atoms with Crippen molar-refractivity contribution in [2.75, 3.05) is 0 Å². The van der Waals surface area contributed by atoms with Crippen molar-refractivity contribution in [1.82, 2.24) is 44.9 Å². The van der Waals surface area contributed by atoms with Crippen molar-refractivity contribution in [2.24, 2.45) is 0 Å². The van der Waals surface area contributed by atoms with Crippen LogP contribution in [0.2, 0.25) is 0 Å². The lowest BCUT2D eigenvalue weighted by molar-refractivity contribution is 0.669. The van der Waals surface area contributed by atoms with Crippen LogP contribution in [0.4, 0.5) is 11.4 Å². The Kier molecular flexibility index (Phi) is 22.9. The third-order valence-electron chi connectivity index (χ3n) is 25.2. The van der Waals surface area contributed by atoms with E-state index in [4.69, 9.17) is 71.3 Å². The Balaban J connectivity index is 0.000000118. The first kappa shape index (κ1) is 85.3. The fourth-order valence-electron chi connectivity index (χ4n) is 18.1. The molecule has 0 saturated heterocycles. The lowest BCUT2D eigenvalue weighted by Crippen LogP contribution is -2.00. The highest BCUT2D eigenvalue weighted by atomic mass is 16.3. The van der Waals surface area contributed by atoms with E-state index in [1.165, 1.54) is 0 Å². The summed E-state index contributed by atoms with van der Waals surface area (Å²) in [5.74, 6) is 5.45. The standard InChI is InChI=1S/C46H28N4O.2C40H24N4O/c47-29-30-15-17-31(18-16-30)32-19-23-34(24-20-32)42-38(27-28-40-39-13-7-8-14-41(39)51-43(40)42)33-21-25-37(26-22-33)46-49-44(35-9-3-1-4-10-35)48-45(50-46)36-11-5-2-6-12-36;1-41-31-22-20-26(21-23-31)32-24-25-33(37-36(32)34-14-8-9-15-35(34)45-37)27-16-18-30(19-17-27)40-43-38(28-10-4-2-5-11-28)42-39(44-40)29-12-6-3-7-13-29;1-41-31-22-20-28(21-23-31)32-24-25-34(37-36(32)33-14-8-9-15-35(33)45-37)40-43-38(29-12-6-3-7-13-29)42-39(44-40)30-18-16-27(17-19-30)26-10-4-2-5-11-26/h1-28H;2*2-25H. The summed E-state index contributed by atoms with van der Waals surface area (Å²) in [6, 6.07) is 156. The van der Waals surface area contributed by atoms with Gasteiger partial charge in [0.2, 0.25) is 0 Å². The molecule has 25 aromatic rings. The molecular weight excluding hydrogens is 1730 g/mol. The first-order chi connectivity index (χ1) is 69.7. The van der Waals surface area contributed by atoms with Gasteiger partial charge in [0.15, 0.2) is 63.8 Å². The fourth-order valence-corrected chi connectivity index (χ4v) is 18.1. The summed E-state index contributed by atoms with van der Waals surface area (Å²) in [5, 5.41) is 15.5. The molecule has 0 saturated carbocycles. The van der Waals surface area contributed by atoms with Gasteiger partial charge < -0.3 is 13.3 Å². The van der Waals surface area contributed by atoms with Crippen molar-refractivity contribution in [3.8, 4) is 186 Å². The minimum absolute atomic E-state index is 0.532. The van der Waals surface area contributed by atoms with Gasteiger partial charge in [-0.15, -0.1) is 0 Å². The molecule has 0 aliphatic carbocycles. The Morgan fingerprint density at radius 1 is 0.184 bits per heavy atom. The highest BCUT2D eigenvalue weighted by Gasteiger charge is 2.26. The number of rotatable bonds is 16. The fraction of sp³-hybridized carbons (Fsp3) is 0. The topological polar surface area (TPSA) is 188 Å². The smallest absolute Gasteiger partial charge is 0.187 e. The molecule has 0 N–H and O–H groups in total. The van der Waals surface area contributed by atoms with Crippen LogP contribution in [-0.2, 0) is 0 Å². The average molecular weight is 1810 g/mol. The van der Waals surface area contributed by atoms with E-state index in [-0.39, 0.29) is 0 Å². The minimum atomic E-state index is 0.532. The normalized spacial score (nSPS) is 11.1. The van der Waals surface area contributed by atoms with Crippen molar-refractivity contribution < 1.29 is 13.3 Å². The van der Waals surface area contributed by atoms with Gasteiger partial charge in [-0.05, 0) is 115 Å². The molecule has 0 bridgehead atoms. The predicted octanol–water partition coefficient (Wildman–Crippen LogP) is 33.0. The van der Waals surface area contributed by atoms with E-state index in [9.17, 15) is 5.26 Å². The molecule has 6 aromatic heterocycles. The van der Waals surface area contributed by atoms with Crippen LogP contribution in [0.15, 0.2) is 474 Å². The summed E-state index contributed by atoms with van der Waals surface area (Å²) >= 11 is 0. The van der Waals surface area contributed by atoms with E-state index in [1.54, 1.807) is 0 Å². The number of fused-ring (bicyclic) bond motifs is 9. The number of furan rings is 3. The Morgan fingerprint density at radius 2 is 0.426 bits per heavy atom. The zero-order valence-corrected chi connectivity index (χ0v) is 75.5. The highest BCUT2D eigenvalue weighted by Crippen LogP contribution is 2.48. The van der Waals surface area contributed by atoms with E-state index in [0.717, 1.165) is 188 Å². The number of benzene rings is 19. The van der Waals surface area contributed by atoms with Crippen LogP contribution in [0.1, 0.15) is 5.56 Å². The number of para-hydroxylation sites is 3. The number of aromatic nitrogens is 9. The first-order valence-corrected chi connectivity index (χ1v) is 46.0. The zero-order valence-electron chi connectivity index (χ0n) is 75.5. The van der Waals surface area contributed by atoms with Gasteiger partial charge in [0, 0.05) is 88.0 Å². The van der Waals surface area contributed by atoms with Crippen molar-refractivity contribution in [3.05, 3.63) is 489 Å². The van der Waals surface area contributed by atoms with Crippen LogP contribution in [0.25, 0.3) is 256 Å². The van der Waals surface area contributed by atoms with Crippen LogP contribution in [0.3, 0.4) is 0 Å². The van der Waals surface area contributed by atoms with Gasteiger partial charge in [-0.1, -0.05) is 413 Å². The highest BCUT2D eigenvalue weighted by molar-refractivity contribution is 6.18. The second-order valence-electron chi connectivity index (χ2n) is 33.8. The molecule has 19 aromatic carbocycles. The zero-order chi connectivity index (χ0) is 94.5. The van der Waals surface area contributed by atoms with Gasteiger partial charge in [0.25, 0.3) is 0 Å². The molecule has 6 heterocycles. The quantitative estimate of drug-likeness (QED) is 0.0832. The van der Waals surface area contributed by atoms with Crippen molar-refractivity contribution in [2.45, 2.75) is 0 Å². The van der Waals surface area contributed by atoms with Gasteiger partial charge in [-0.2, -0.15) is 5.26 Å². The van der Waals surface area contributed by atoms with Crippen LogP contribution >= 0.6 is 0 Å². The number of nitriles is 1. The molecule has 15 heteroatoms. The molecule has 141 heavy (non-hydrogen) atoms. The van der Waals surface area contributed by atoms with Crippen LogP contribution in [0, 0.1) is 24.5 Å².